The Balaban J connectivity index is 2.08. The van der Waals surface area contributed by atoms with Crippen LogP contribution >= 0.6 is 12.2 Å². The van der Waals surface area contributed by atoms with E-state index in [-0.39, 0.29) is 10.8 Å². The molecule has 2 N–H and O–H groups in total. The molecule has 4 nitrogen and oxygen atoms in total. The highest BCUT2D eigenvalue weighted by Crippen LogP contribution is 2.30. The minimum atomic E-state index is -4.38. The third kappa shape index (κ3) is 3.94. The van der Waals surface area contributed by atoms with Crippen molar-refractivity contribution in [1.29, 1.82) is 0 Å². The van der Waals surface area contributed by atoms with E-state index in [0.29, 0.717) is 5.69 Å². The molecule has 1 aromatic heterocycles. The van der Waals surface area contributed by atoms with Gasteiger partial charge >= 0.3 is 6.18 Å². The van der Waals surface area contributed by atoms with Crippen molar-refractivity contribution in [2.75, 3.05) is 10.6 Å². The van der Waals surface area contributed by atoms with Gasteiger partial charge in [-0.05, 0) is 37.3 Å². The van der Waals surface area contributed by atoms with Crippen LogP contribution in [0.25, 0.3) is 0 Å². The average Bonchev–Trinajstić information content (AvgIpc) is 2.67. The van der Waals surface area contributed by atoms with Crippen LogP contribution in [0.3, 0.4) is 0 Å². The predicted octanol–water partition coefficient (Wildman–Crippen LogP) is 3.56. The zero-order valence-electron chi connectivity index (χ0n) is 11.3. The lowest BCUT2D eigenvalue weighted by Crippen LogP contribution is -2.19. The highest BCUT2D eigenvalue weighted by Gasteiger charge is 2.30. The molecule has 0 aliphatic rings. The molecule has 0 unspecified atom stereocenters. The predicted molar refractivity (Wildman–Crippen MR) is 79.2 cm³/mol. The highest BCUT2D eigenvalue weighted by atomic mass is 32.1. The minimum absolute atomic E-state index is 0.199. The van der Waals surface area contributed by atoms with E-state index >= 15 is 0 Å². The van der Waals surface area contributed by atoms with Crippen LogP contribution in [0, 0.1) is 6.92 Å². The van der Waals surface area contributed by atoms with Gasteiger partial charge in [0.05, 0.1) is 16.9 Å². The van der Waals surface area contributed by atoms with Gasteiger partial charge in [-0.3, -0.25) is 4.68 Å². The molecule has 8 heteroatoms. The van der Waals surface area contributed by atoms with Crippen molar-refractivity contribution in [2.45, 2.75) is 13.1 Å². The second-order valence-corrected chi connectivity index (χ2v) is 4.87. The van der Waals surface area contributed by atoms with Crippen molar-refractivity contribution in [1.82, 2.24) is 9.78 Å². The van der Waals surface area contributed by atoms with Crippen molar-refractivity contribution in [3.63, 3.8) is 0 Å². The van der Waals surface area contributed by atoms with Crippen molar-refractivity contribution in [3.05, 3.63) is 41.7 Å². The summed E-state index contributed by atoms with van der Waals surface area (Å²) in [5.41, 5.74) is 0.976. The maximum atomic E-state index is 12.6. The summed E-state index contributed by atoms with van der Waals surface area (Å²) < 4.78 is 39.5. The SMILES string of the molecule is Cc1nn(C)cc1NC(=S)Nc1cccc(C(F)(F)F)c1. The zero-order chi connectivity index (χ0) is 15.6. The van der Waals surface area contributed by atoms with Gasteiger partial charge in [-0.15, -0.1) is 0 Å². The van der Waals surface area contributed by atoms with Gasteiger partial charge in [0.2, 0.25) is 0 Å². The number of hydrogen-bond acceptors (Lipinski definition) is 2. The van der Waals surface area contributed by atoms with Crippen LogP contribution in [0.4, 0.5) is 24.5 Å². The molecule has 0 amide bonds. The summed E-state index contributed by atoms with van der Waals surface area (Å²) in [5, 5.41) is 9.95. The fourth-order valence-electron chi connectivity index (χ4n) is 1.78. The summed E-state index contributed by atoms with van der Waals surface area (Å²) in [6.07, 6.45) is -2.65. The van der Waals surface area contributed by atoms with Crippen LogP contribution < -0.4 is 10.6 Å². The molecule has 0 spiro atoms. The van der Waals surface area contributed by atoms with E-state index in [4.69, 9.17) is 12.2 Å². The number of hydrogen-bond donors (Lipinski definition) is 2. The monoisotopic (exact) mass is 314 g/mol. The number of anilines is 2. The summed E-state index contributed by atoms with van der Waals surface area (Å²) in [4.78, 5) is 0. The van der Waals surface area contributed by atoms with E-state index in [1.54, 1.807) is 24.9 Å². The summed E-state index contributed by atoms with van der Waals surface area (Å²) >= 11 is 5.08. The first kappa shape index (κ1) is 15.3. The fourth-order valence-corrected chi connectivity index (χ4v) is 2.01. The molecule has 0 bridgehead atoms. The Labute approximate surface area is 125 Å². The van der Waals surface area contributed by atoms with Gasteiger partial charge in [0.15, 0.2) is 5.11 Å². The number of nitrogens with one attached hydrogen (secondary N) is 2. The molecular weight excluding hydrogens is 301 g/mol. The molecule has 21 heavy (non-hydrogen) atoms. The first-order valence-corrected chi connectivity index (χ1v) is 6.42. The largest absolute Gasteiger partial charge is 0.416 e. The van der Waals surface area contributed by atoms with Crippen LogP contribution in [-0.2, 0) is 13.2 Å². The molecule has 2 rings (SSSR count). The number of aromatic nitrogens is 2. The quantitative estimate of drug-likeness (QED) is 0.832. The van der Waals surface area contributed by atoms with Gasteiger partial charge in [-0.2, -0.15) is 18.3 Å². The van der Waals surface area contributed by atoms with Crippen LogP contribution in [0.1, 0.15) is 11.3 Å². The molecule has 112 valence electrons. The number of benzene rings is 1. The van der Waals surface area contributed by atoms with Crippen LogP contribution in [0.15, 0.2) is 30.5 Å². The smallest absolute Gasteiger partial charge is 0.332 e. The zero-order valence-corrected chi connectivity index (χ0v) is 12.1. The minimum Gasteiger partial charge on any atom is -0.332 e. The first-order valence-electron chi connectivity index (χ1n) is 6.01. The summed E-state index contributed by atoms with van der Waals surface area (Å²) in [5.74, 6) is 0. The van der Waals surface area contributed by atoms with Gasteiger partial charge in [0, 0.05) is 18.9 Å². The second-order valence-electron chi connectivity index (χ2n) is 4.46. The Bertz CT molecular complexity index is 664. The Morgan fingerprint density at radius 2 is 2.00 bits per heavy atom. The second kappa shape index (κ2) is 5.72. The Morgan fingerprint density at radius 1 is 1.29 bits per heavy atom. The Kier molecular flexibility index (Phi) is 4.17. The molecule has 1 aromatic carbocycles. The maximum Gasteiger partial charge on any atom is 0.416 e. The molecule has 0 fully saturated rings. The number of rotatable bonds is 2. The van der Waals surface area contributed by atoms with Crippen LogP contribution in [0.2, 0.25) is 0 Å². The van der Waals surface area contributed by atoms with Gasteiger partial charge in [-0.25, -0.2) is 0 Å². The van der Waals surface area contributed by atoms with Gasteiger partial charge in [-0.1, -0.05) is 6.07 Å². The van der Waals surface area contributed by atoms with Gasteiger partial charge < -0.3 is 10.6 Å². The van der Waals surface area contributed by atoms with E-state index in [1.165, 1.54) is 12.1 Å². The summed E-state index contributed by atoms with van der Waals surface area (Å²) in [7, 11) is 1.77. The third-order valence-corrected chi connectivity index (χ3v) is 2.91. The van der Waals surface area contributed by atoms with Crippen molar-refractivity contribution in [2.24, 2.45) is 7.05 Å². The molecule has 0 saturated heterocycles. The lowest BCUT2D eigenvalue weighted by atomic mass is 10.2. The van der Waals surface area contributed by atoms with Gasteiger partial charge in [0.25, 0.3) is 0 Å². The number of thiocarbonyl (C=S) groups is 1. The molecule has 1 heterocycles. The van der Waals surface area contributed by atoms with Crippen LogP contribution in [0.5, 0.6) is 0 Å². The van der Waals surface area contributed by atoms with Crippen LogP contribution in [-0.4, -0.2) is 14.9 Å². The van der Waals surface area contributed by atoms with E-state index in [0.717, 1.165) is 17.8 Å². The van der Waals surface area contributed by atoms with E-state index in [1.807, 2.05) is 0 Å². The molecule has 0 saturated carbocycles. The molecular formula is C13H13F3N4S. The van der Waals surface area contributed by atoms with E-state index in [9.17, 15) is 13.2 Å². The highest BCUT2D eigenvalue weighted by molar-refractivity contribution is 7.80. The molecule has 0 atom stereocenters. The lowest BCUT2D eigenvalue weighted by Gasteiger charge is -2.12. The summed E-state index contributed by atoms with van der Waals surface area (Å²) in [6.45, 7) is 1.80. The normalized spacial score (nSPS) is 11.3. The summed E-state index contributed by atoms with van der Waals surface area (Å²) in [6, 6.07) is 4.85. The molecule has 0 aliphatic carbocycles. The number of nitrogens with zero attached hydrogens (tertiary/aromatic N) is 2. The first-order chi connectivity index (χ1) is 9.75. The molecule has 2 aromatic rings. The third-order valence-electron chi connectivity index (χ3n) is 2.71. The molecule has 0 aliphatic heterocycles. The number of alkyl halides is 3. The van der Waals surface area contributed by atoms with Crippen molar-refractivity contribution >= 4 is 28.7 Å². The van der Waals surface area contributed by atoms with E-state index in [2.05, 4.69) is 15.7 Å². The lowest BCUT2D eigenvalue weighted by molar-refractivity contribution is -0.137. The van der Waals surface area contributed by atoms with Gasteiger partial charge in [0.1, 0.15) is 0 Å². The maximum absolute atomic E-state index is 12.6. The fraction of sp³-hybridized carbons (Fsp3) is 0.231. The van der Waals surface area contributed by atoms with Crippen molar-refractivity contribution < 1.29 is 13.2 Å². The number of halogens is 3. The Morgan fingerprint density at radius 3 is 2.57 bits per heavy atom. The topological polar surface area (TPSA) is 41.9 Å². The number of aryl methyl sites for hydroxylation is 2. The Hall–Kier alpha value is -2.09. The standard InChI is InChI=1S/C13H13F3N4S/c1-8-11(7-20(2)19-8)18-12(21)17-10-5-3-4-9(6-10)13(14,15)16/h3-7H,1-2H3,(H2,17,18,21). The van der Waals surface area contributed by atoms with E-state index < -0.39 is 11.7 Å². The molecule has 0 radical (unpaired) electrons. The average molecular weight is 314 g/mol. The van der Waals surface area contributed by atoms with Crippen molar-refractivity contribution in [3.8, 4) is 0 Å².